The van der Waals surface area contributed by atoms with E-state index in [0.29, 0.717) is 17.5 Å². The number of anilines is 1. The molecular weight excluding hydrogens is 354 g/mol. The molecule has 2 aromatic carbocycles. The molecule has 2 fully saturated rings. The van der Waals surface area contributed by atoms with Gasteiger partial charge in [-0.15, -0.1) is 0 Å². The number of ether oxygens (including phenoxy) is 2. The highest BCUT2D eigenvalue weighted by atomic mass is 16.5. The summed E-state index contributed by atoms with van der Waals surface area (Å²) in [4.78, 5) is 13.6. The third-order valence-electron chi connectivity index (χ3n) is 5.82. The number of nitrogens with zero attached hydrogens (tertiary/aromatic N) is 1. The molecule has 1 spiro atoms. The average molecular weight is 379 g/mol. The van der Waals surface area contributed by atoms with Gasteiger partial charge in [0.15, 0.2) is 17.8 Å². The fourth-order valence-electron chi connectivity index (χ4n) is 4.11. The van der Waals surface area contributed by atoms with E-state index in [4.69, 9.17) is 9.47 Å². The van der Waals surface area contributed by atoms with Crippen LogP contribution in [-0.2, 0) is 4.74 Å². The number of methoxy groups -OCH3 is 1. The summed E-state index contributed by atoms with van der Waals surface area (Å²) >= 11 is 0. The normalized spacial score (nSPS) is 21.7. The zero-order valence-electron chi connectivity index (χ0n) is 16.1. The summed E-state index contributed by atoms with van der Waals surface area (Å²) in [5, 5.41) is 9.92. The minimum atomic E-state index is -0.130. The first kappa shape index (κ1) is 18.6. The van der Waals surface area contributed by atoms with Gasteiger partial charge in [0.2, 0.25) is 0 Å². The van der Waals surface area contributed by atoms with Gasteiger partial charge in [-0.2, -0.15) is 0 Å². The second-order valence-electron chi connectivity index (χ2n) is 7.68. The van der Waals surface area contributed by atoms with Crippen molar-refractivity contribution in [2.45, 2.75) is 12.8 Å². The Morgan fingerprint density at radius 3 is 2.61 bits per heavy atom. The van der Waals surface area contributed by atoms with Crippen molar-refractivity contribution in [2.75, 3.05) is 38.3 Å². The van der Waals surface area contributed by atoms with Crippen molar-refractivity contribution in [3.8, 4) is 11.5 Å². The number of benzene rings is 2. The van der Waals surface area contributed by atoms with Gasteiger partial charge < -0.3 is 19.5 Å². The molecule has 1 N–H and O–H groups in total. The average Bonchev–Trinajstić information content (AvgIpc) is 3.37. The third kappa shape index (κ3) is 3.62. The second kappa shape index (κ2) is 7.68. The topological polar surface area (TPSA) is 59.0 Å². The minimum absolute atomic E-state index is 0.130. The van der Waals surface area contributed by atoms with Crippen LogP contribution < -0.4 is 9.64 Å². The molecule has 0 radical (unpaired) electrons. The van der Waals surface area contributed by atoms with E-state index in [1.165, 1.54) is 25.6 Å². The van der Waals surface area contributed by atoms with Gasteiger partial charge in [0.25, 0.3) is 0 Å². The van der Waals surface area contributed by atoms with E-state index < -0.39 is 0 Å². The molecule has 5 nitrogen and oxygen atoms in total. The van der Waals surface area contributed by atoms with Crippen LogP contribution in [0.1, 0.15) is 34.3 Å². The first-order valence-electron chi connectivity index (χ1n) is 9.59. The molecule has 0 saturated carbocycles. The smallest absolute Gasteiger partial charge is 0.168 e. The summed E-state index contributed by atoms with van der Waals surface area (Å²) in [6.07, 6.45) is 6.90. The van der Waals surface area contributed by atoms with Crippen molar-refractivity contribution >= 4 is 24.1 Å². The van der Waals surface area contributed by atoms with Crippen molar-refractivity contribution in [3.63, 3.8) is 0 Å². The maximum Gasteiger partial charge on any atom is 0.168 e. The minimum Gasteiger partial charge on any atom is -0.504 e. The lowest BCUT2D eigenvalue weighted by atomic mass is 9.87. The number of aldehydes is 1. The van der Waals surface area contributed by atoms with Crippen LogP contribution in [0.4, 0.5) is 5.69 Å². The summed E-state index contributed by atoms with van der Waals surface area (Å²) in [5.74, 6) is 0.161. The standard InChI is InChI=1S/C23H25NO4/c1-27-21-13-18(12-19(14-25)22(21)26)3-2-17-4-6-20(7-5-17)24-10-8-23(15-24)9-11-28-16-23/h2-7,12-14,26H,8-11,15-16H2,1H3/b3-2+. The quantitative estimate of drug-likeness (QED) is 0.629. The van der Waals surface area contributed by atoms with Gasteiger partial charge in [-0.1, -0.05) is 24.3 Å². The summed E-state index contributed by atoms with van der Waals surface area (Å²) in [7, 11) is 1.47. The number of hydrogen-bond acceptors (Lipinski definition) is 5. The SMILES string of the molecule is COc1cc(/C=C/c2ccc(N3CCC4(CCOC4)C3)cc2)cc(C=O)c1O. The Labute approximate surface area is 165 Å². The molecule has 0 aromatic heterocycles. The molecule has 4 rings (SSSR count). The highest BCUT2D eigenvalue weighted by Crippen LogP contribution is 2.40. The maximum absolute atomic E-state index is 11.1. The monoisotopic (exact) mass is 379 g/mol. The molecule has 5 heteroatoms. The van der Waals surface area contributed by atoms with Crippen molar-refractivity contribution < 1.29 is 19.4 Å². The van der Waals surface area contributed by atoms with Gasteiger partial charge in [-0.25, -0.2) is 0 Å². The molecule has 2 aliphatic rings. The number of carbonyl (C=O) groups is 1. The molecule has 0 aliphatic carbocycles. The summed E-state index contributed by atoms with van der Waals surface area (Å²) in [6, 6.07) is 11.9. The van der Waals surface area contributed by atoms with Gasteiger partial charge in [0.1, 0.15) is 0 Å². The molecular formula is C23H25NO4. The molecule has 1 atom stereocenters. The molecule has 1 unspecified atom stereocenters. The van der Waals surface area contributed by atoms with Crippen molar-refractivity contribution in [2.24, 2.45) is 5.41 Å². The lowest BCUT2D eigenvalue weighted by Gasteiger charge is -2.23. The number of rotatable bonds is 5. The lowest BCUT2D eigenvalue weighted by Crippen LogP contribution is -2.27. The summed E-state index contributed by atoms with van der Waals surface area (Å²) in [5.41, 5.74) is 3.68. The number of aromatic hydroxyl groups is 1. The van der Waals surface area contributed by atoms with E-state index in [9.17, 15) is 9.90 Å². The van der Waals surface area contributed by atoms with Crippen molar-refractivity contribution in [3.05, 3.63) is 53.1 Å². The molecule has 0 bridgehead atoms. The summed E-state index contributed by atoms with van der Waals surface area (Å²) < 4.78 is 10.8. The van der Waals surface area contributed by atoms with E-state index in [1.54, 1.807) is 12.1 Å². The molecule has 2 aliphatic heterocycles. The predicted molar refractivity (Wildman–Crippen MR) is 110 cm³/mol. The Kier molecular flexibility index (Phi) is 5.09. The van der Waals surface area contributed by atoms with E-state index >= 15 is 0 Å². The largest absolute Gasteiger partial charge is 0.504 e. The number of phenolic OH excluding ortho intramolecular Hbond substituents is 1. The van der Waals surface area contributed by atoms with Crippen LogP contribution in [0.2, 0.25) is 0 Å². The lowest BCUT2D eigenvalue weighted by molar-refractivity contribution is 0.112. The number of carbonyl (C=O) groups excluding carboxylic acids is 1. The Balaban J connectivity index is 1.47. The molecule has 28 heavy (non-hydrogen) atoms. The van der Waals surface area contributed by atoms with E-state index in [1.807, 2.05) is 12.2 Å². The zero-order chi connectivity index (χ0) is 19.6. The highest BCUT2D eigenvalue weighted by Gasteiger charge is 2.41. The van der Waals surface area contributed by atoms with Gasteiger partial charge in [-0.3, -0.25) is 4.79 Å². The van der Waals surface area contributed by atoms with Crippen LogP contribution in [0.5, 0.6) is 11.5 Å². The predicted octanol–water partition coefficient (Wildman–Crippen LogP) is 4.00. The Morgan fingerprint density at radius 2 is 1.93 bits per heavy atom. The van der Waals surface area contributed by atoms with E-state index in [2.05, 4.69) is 29.2 Å². The molecule has 2 heterocycles. The van der Waals surface area contributed by atoms with Gasteiger partial charge in [0.05, 0.1) is 19.3 Å². The Morgan fingerprint density at radius 1 is 1.14 bits per heavy atom. The number of phenols is 1. The summed E-state index contributed by atoms with van der Waals surface area (Å²) in [6.45, 7) is 3.94. The van der Waals surface area contributed by atoms with Crippen LogP contribution in [-0.4, -0.2) is 44.8 Å². The molecule has 0 amide bonds. The van der Waals surface area contributed by atoms with Gasteiger partial charge in [-0.05, 0) is 48.2 Å². The van der Waals surface area contributed by atoms with Crippen LogP contribution in [0.3, 0.4) is 0 Å². The van der Waals surface area contributed by atoms with E-state index in [-0.39, 0.29) is 11.3 Å². The maximum atomic E-state index is 11.1. The number of hydrogen-bond donors (Lipinski definition) is 1. The third-order valence-corrected chi connectivity index (χ3v) is 5.82. The molecule has 2 aromatic rings. The zero-order valence-corrected chi connectivity index (χ0v) is 16.1. The first-order valence-corrected chi connectivity index (χ1v) is 9.59. The fraction of sp³-hybridized carbons (Fsp3) is 0.348. The van der Waals surface area contributed by atoms with Crippen LogP contribution in [0, 0.1) is 5.41 Å². The van der Waals surface area contributed by atoms with Crippen LogP contribution in [0.25, 0.3) is 12.2 Å². The van der Waals surface area contributed by atoms with Gasteiger partial charge >= 0.3 is 0 Å². The first-order chi connectivity index (χ1) is 13.6. The fourth-order valence-corrected chi connectivity index (χ4v) is 4.11. The second-order valence-corrected chi connectivity index (χ2v) is 7.68. The van der Waals surface area contributed by atoms with E-state index in [0.717, 1.165) is 37.4 Å². The van der Waals surface area contributed by atoms with Crippen LogP contribution >= 0.6 is 0 Å². The Hall–Kier alpha value is -2.79. The molecule has 146 valence electrons. The Bertz CT molecular complexity index is 882. The highest BCUT2D eigenvalue weighted by molar-refractivity contribution is 5.84. The van der Waals surface area contributed by atoms with Crippen LogP contribution in [0.15, 0.2) is 36.4 Å². The molecule has 2 saturated heterocycles. The van der Waals surface area contributed by atoms with Crippen molar-refractivity contribution in [1.82, 2.24) is 0 Å². The van der Waals surface area contributed by atoms with Gasteiger partial charge in [0, 0.05) is 30.8 Å². The van der Waals surface area contributed by atoms with Crippen molar-refractivity contribution in [1.29, 1.82) is 0 Å².